The third-order valence-electron chi connectivity index (χ3n) is 1.47. The first-order valence-corrected chi connectivity index (χ1v) is 3.64. The highest BCUT2D eigenvalue weighted by Crippen LogP contribution is 2.22. The van der Waals surface area contributed by atoms with Crippen molar-refractivity contribution >= 4 is 11.8 Å². The fraction of sp³-hybridized carbons (Fsp3) is 0.111. The van der Waals surface area contributed by atoms with Crippen LogP contribution >= 0.6 is 0 Å². The van der Waals surface area contributed by atoms with Crippen LogP contribution in [0.25, 0.3) is 0 Å². The van der Waals surface area contributed by atoms with Crippen LogP contribution in [0.1, 0.15) is 0 Å². The second-order valence-electron chi connectivity index (χ2n) is 2.26. The van der Waals surface area contributed by atoms with Crippen molar-refractivity contribution in [1.82, 2.24) is 0 Å². The summed E-state index contributed by atoms with van der Waals surface area (Å²) in [5, 5.41) is 2.46. The van der Waals surface area contributed by atoms with Crippen molar-refractivity contribution in [3.8, 4) is 5.75 Å². The first kappa shape index (κ1) is 9.38. The number of carbonyl (C=O) groups excluding carboxylic acids is 1. The summed E-state index contributed by atoms with van der Waals surface area (Å²) in [5.41, 5.74) is 0.554. The van der Waals surface area contributed by atoms with Crippen molar-refractivity contribution in [2.45, 2.75) is 0 Å². The molecule has 0 bridgehead atoms. The Bertz CT molecular complexity index is 299. The number of para-hydroxylation sites is 2. The molecule has 1 N–H and O–H groups in total. The molecule has 1 aromatic carbocycles. The van der Waals surface area contributed by atoms with E-state index in [-0.39, 0.29) is 0 Å². The van der Waals surface area contributed by atoms with Gasteiger partial charge in [-0.2, -0.15) is 0 Å². The zero-order valence-electron chi connectivity index (χ0n) is 7.24. The standard InChI is InChI=1S/C9H10NO3/c1-12-8-6-4-3-5-7(8)10-9(11)13-2/h3-6H,2H2,1H3,(H,10,11). The molecule has 4 heteroatoms. The quantitative estimate of drug-likeness (QED) is 0.757. The third kappa shape index (κ3) is 2.37. The molecule has 0 atom stereocenters. The topological polar surface area (TPSA) is 47.6 Å². The van der Waals surface area contributed by atoms with Crippen LogP contribution in [0.4, 0.5) is 10.5 Å². The Kier molecular flexibility index (Phi) is 3.14. The minimum absolute atomic E-state index is 0.554. The first-order chi connectivity index (χ1) is 6.27. The molecule has 0 spiro atoms. The van der Waals surface area contributed by atoms with Gasteiger partial charge in [-0.3, -0.25) is 5.32 Å². The van der Waals surface area contributed by atoms with E-state index in [2.05, 4.69) is 17.2 Å². The molecule has 4 nitrogen and oxygen atoms in total. The number of anilines is 1. The molecule has 0 fully saturated rings. The molecular weight excluding hydrogens is 170 g/mol. The van der Waals surface area contributed by atoms with Crippen LogP contribution < -0.4 is 10.1 Å². The number of benzene rings is 1. The Morgan fingerprint density at radius 2 is 2.15 bits per heavy atom. The van der Waals surface area contributed by atoms with Crippen LogP contribution in [-0.2, 0) is 4.74 Å². The number of amides is 1. The predicted octanol–water partition coefficient (Wildman–Crippen LogP) is 2.04. The van der Waals surface area contributed by atoms with Gasteiger partial charge in [0.15, 0.2) is 0 Å². The molecule has 69 valence electrons. The van der Waals surface area contributed by atoms with Gasteiger partial charge in [0.25, 0.3) is 0 Å². The van der Waals surface area contributed by atoms with Crippen molar-refractivity contribution in [3.63, 3.8) is 0 Å². The summed E-state index contributed by atoms with van der Waals surface area (Å²) in [6, 6.07) is 7.02. The molecule has 0 saturated heterocycles. The molecule has 0 saturated carbocycles. The molecule has 1 radical (unpaired) electrons. The van der Waals surface area contributed by atoms with Crippen molar-refractivity contribution < 1.29 is 14.3 Å². The van der Waals surface area contributed by atoms with Crippen LogP contribution in [0.3, 0.4) is 0 Å². The van der Waals surface area contributed by atoms with E-state index >= 15 is 0 Å². The Morgan fingerprint density at radius 3 is 2.77 bits per heavy atom. The minimum atomic E-state index is -0.621. The monoisotopic (exact) mass is 180 g/mol. The van der Waals surface area contributed by atoms with E-state index in [4.69, 9.17) is 4.74 Å². The second-order valence-corrected chi connectivity index (χ2v) is 2.26. The molecule has 1 aromatic rings. The normalized spacial score (nSPS) is 9.08. The Balaban J connectivity index is 2.81. The van der Waals surface area contributed by atoms with Crippen LogP contribution in [0.2, 0.25) is 0 Å². The van der Waals surface area contributed by atoms with Crippen molar-refractivity contribution in [2.75, 3.05) is 12.4 Å². The molecule has 0 aliphatic heterocycles. The number of carbonyl (C=O) groups is 1. The number of methoxy groups -OCH3 is 1. The number of rotatable bonds is 2. The van der Waals surface area contributed by atoms with Crippen LogP contribution in [0, 0.1) is 7.11 Å². The van der Waals surface area contributed by atoms with E-state index in [0.29, 0.717) is 11.4 Å². The molecule has 1 amide bonds. The summed E-state index contributed by atoms with van der Waals surface area (Å²) in [6.45, 7) is 0. The summed E-state index contributed by atoms with van der Waals surface area (Å²) in [7, 11) is 4.51. The summed E-state index contributed by atoms with van der Waals surface area (Å²) in [5.74, 6) is 0.577. The van der Waals surface area contributed by atoms with Crippen molar-refractivity contribution in [3.05, 3.63) is 31.4 Å². The molecule has 0 aromatic heterocycles. The molecule has 0 aliphatic carbocycles. The molecule has 0 unspecified atom stereocenters. The Hall–Kier alpha value is -1.71. The lowest BCUT2D eigenvalue weighted by Crippen LogP contribution is -2.10. The van der Waals surface area contributed by atoms with Gasteiger partial charge in [-0.25, -0.2) is 4.79 Å². The first-order valence-electron chi connectivity index (χ1n) is 3.64. The lowest BCUT2D eigenvalue weighted by Gasteiger charge is -2.07. The van der Waals surface area contributed by atoms with E-state index < -0.39 is 6.09 Å². The van der Waals surface area contributed by atoms with Gasteiger partial charge in [0, 0.05) is 0 Å². The van der Waals surface area contributed by atoms with E-state index in [1.165, 1.54) is 7.11 Å². The van der Waals surface area contributed by atoms with Gasteiger partial charge < -0.3 is 9.47 Å². The van der Waals surface area contributed by atoms with E-state index in [1.807, 2.05) is 0 Å². The maximum atomic E-state index is 10.8. The maximum absolute atomic E-state index is 10.8. The fourth-order valence-electron chi connectivity index (χ4n) is 0.894. The maximum Gasteiger partial charge on any atom is 0.411 e. The van der Waals surface area contributed by atoms with Gasteiger partial charge in [0.1, 0.15) is 12.9 Å². The summed E-state index contributed by atoms with van der Waals surface area (Å²) in [6.07, 6.45) is -0.621. The average Bonchev–Trinajstić information content (AvgIpc) is 2.18. The highest BCUT2D eigenvalue weighted by Gasteiger charge is 2.04. The lowest BCUT2D eigenvalue weighted by molar-refractivity contribution is 0.199. The summed E-state index contributed by atoms with van der Waals surface area (Å²) >= 11 is 0. The van der Waals surface area contributed by atoms with Gasteiger partial charge in [-0.05, 0) is 12.1 Å². The van der Waals surface area contributed by atoms with Crippen LogP contribution in [0.15, 0.2) is 24.3 Å². The SMILES string of the molecule is [CH2]OC(=O)Nc1ccccc1OC. The van der Waals surface area contributed by atoms with Crippen LogP contribution in [0.5, 0.6) is 5.75 Å². The van der Waals surface area contributed by atoms with E-state index in [1.54, 1.807) is 24.3 Å². The third-order valence-corrected chi connectivity index (χ3v) is 1.47. The molecule has 0 heterocycles. The van der Waals surface area contributed by atoms with Gasteiger partial charge in [0.05, 0.1) is 12.8 Å². The zero-order valence-corrected chi connectivity index (χ0v) is 7.24. The van der Waals surface area contributed by atoms with Crippen LogP contribution in [-0.4, -0.2) is 13.2 Å². The van der Waals surface area contributed by atoms with Crippen molar-refractivity contribution in [2.24, 2.45) is 0 Å². The van der Waals surface area contributed by atoms with Gasteiger partial charge >= 0.3 is 6.09 Å². The summed E-state index contributed by atoms with van der Waals surface area (Å²) in [4.78, 5) is 10.8. The molecule has 0 aliphatic rings. The summed E-state index contributed by atoms with van der Waals surface area (Å²) < 4.78 is 9.20. The van der Waals surface area contributed by atoms with Crippen molar-refractivity contribution in [1.29, 1.82) is 0 Å². The number of hydrogen-bond acceptors (Lipinski definition) is 3. The number of ether oxygens (including phenoxy) is 2. The van der Waals surface area contributed by atoms with E-state index in [0.717, 1.165) is 0 Å². The Morgan fingerprint density at radius 1 is 1.46 bits per heavy atom. The predicted molar refractivity (Wildman–Crippen MR) is 48.5 cm³/mol. The van der Waals surface area contributed by atoms with E-state index in [9.17, 15) is 4.79 Å². The second kappa shape index (κ2) is 4.35. The number of hydrogen-bond donors (Lipinski definition) is 1. The van der Waals surface area contributed by atoms with Gasteiger partial charge in [0.2, 0.25) is 0 Å². The molecule has 13 heavy (non-hydrogen) atoms. The zero-order chi connectivity index (χ0) is 9.68. The average molecular weight is 180 g/mol. The smallest absolute Gasteiger partial charge is 0.411 e. The largest absolute Gasteiger partial charge is 0.495 e. The molecular formula is C9H10NO3. The Labute approximate surface area is 76.5 Å². The lowest BCUT2D eigenvalue weighted by atomic mass is 10.3. The highest BCUT2D eigenvalue weighted by atomic mass is 16.5. The highest BCUT2D eigenvalue weighted by molar-refractivity contribution is 5.86. The van der Waals surface area contributed by atoms with Gasteiger partial charge in [-0.15, -0.1) is 0 Å². The fourth-order valence-corrected chi connectivity index (χ4v) is 0.894. The minimum Gasteiger partial charge on any atom is -0.495 e. The molecule has 1 rings (SSSR count). The van der Waals surface area contributed by atoms with Gasteiger partial charge in [-0.1, -0.05) is 12.1 Å². The number of nitrogens with one attached hydrogen (secondary N) is 1.